The molecule has 7 heavy (non-hydrogen) atoms. The van der Waals surface area contributed by atoms with Crippen LogP contribution in [0.2, 0.25) is 0 Å². The molecule has 0 atom stereocenters. The van der Waals surface area contributed by atoms with E-state index in [4.69, 9.17) is 15.0 Å². The molecule has 0 heterocycles. The summed E-state index contributed by atoms with van der Waals surface area (Å²) in [5, 5.41) is 13.9. The van der Waals surface area contributed by atoms with Gasteiger partial charge in [-0.3, -0.25) is 0 Å². The number of hydrogen-bond donors (Lipinski definition) is 2. The van der Waals surface area contributed by atoms with Gasteiger partial charge in [0.05, 0.1) is 0 Å². The van der Waals surface area contributed by atoms with Crippen molar-refractivity contribution in [3.63, 3.8) is 0 Å². The van der Waals surface area contributed by atoms with E-state index in [0.717, 1.165) is 0 Å². The predicted molar refractivity (Wildman–Crippen MR) is 22.2 cm³/mol. The van der Waals surface area contributed by atoms with Crippen molar-refractivity contribution in [2.24, 2.45) is 0 Å². The average Bonchev–Trinajstić information content (AvgIpc) is 0.811. The quantitative estimate of drug-likeness (QED) is 0.458. The topological polar surface area (TPSA) is 89.0 Å². The summed E-state index contributed by atoms with van der Waals surface area (Å²) in [6.45, 7) is 0. The minimum Gasteiger partial charge on any atom is -1.00 e. The minimum atomic E-state index is -1.83. The van der Waals surface area contributed by atoms with Crippen LogP contribution in [0.4, 0.5) is 4.79 Å². The van der Waals surface area contributed by atoms with Crippen molar-refractivity contribution in [2.75, 3.05) is 0 Å². The number of hydrogen-bond acceptors (Lipinski definition) is 1. The second-order valence-corrected chi connectivity index (χ2v) is 0.283. The molecule has 0 spiro atoms. The standard InChI is InChI=1S/CH2O3.Mg.Mn.H2O.2H/c2-1(3)4;;;;;/h(H2,2,3,4);;;1H2;;/q;+2;;;2*-1. The third-order valence-electron chi connectivity index (χ3n) is 0. The van der Waals surface area contributed by atoms with Crippen LogP contribution in [0.15, 0.2) is 0 Å². The zero-order valence-corrected chi connectivity index (χ0v) is 5.98. The maximum absolute atomic E-state index is 8.56. The molecule has 0 saturated carbocycles. The molecule has 0 aromatic heterocycles. The fraction of sp³-hybridized carbons (Fsp3) is 0. The van der Waals surface area contributed by atoms with Gasteiger partial charge in [-0.1, -0.05) is 0 Å². The van der Waals surface area contributed by atoms with Gasteiger partial charge in [-0.05, 0) is 0 Å². The Morgan fingerprint density at radius 1 is 1.43 bits per heavy atom. The Kier molecular flexibility index (Phi) is 59.1. The summed E-state index contributed by atoms with van der Waals surface area (Å²) < 4.78 is 0. The molecule has 0 saturated heterocycles. The van der Waals surface area contributed by atoms with Crippen LogP contribution in [0.5, 0.6) is 0 Å². The van der Waals surface area contributed by atoms with Crippen LogP contribution in [0.1, 0.15) is 2.85 Å². The van der Waals surface area contributed by atoms with Crippen LogP contribution in [0, 0.1) is 0 Å². The molecule has 0 aliphatic heterocycles. The third kappa shape index (κ3) is 500. The molecule has 0 aliphatic carbocycles. The summed E-state index contributed by atoms with van der Waals surface area (Å²) in [4.78, 5) is 8.56. The molecule has 0 aromatic rings. The van der Waals surface area contributed by atoms with E-state index >= 15 is 0 Å². The monoisotopic (exact) mass is 161 g/mol. The van der Waals surface area contributed by atoms with Crippen molar-refractivity contribution in [2.45, 2.75) is 0 Å². The first kappa shape index (κ1) is 25.8. The van der Waals surface area contributed by atoms with Crippen LogP contribution < -0.4 is 0 Å². The molecular weight excluding hydrogens is 155 g/mol. The Labute approximate surface area is 69.8 Å². The summed E-state index contributed by atoms with van der Waals surface area (Å²) in [6, 6.07) is 0. The van der Waals surface area contributed by atoms with Gasteiger partial charge in [0.1, 0.15) is 0 Å². The first-order valence-corrected chi connectivity index (χ1v) is 0.651. The van der Waals surface area contributed by atoms with E-state index in [1.165, 1.54) is 0 Å². The molecule has 0 rings (SSSR count). The van der Waals surface area contributed by atoms with Gasteiger partial charge in [-0.25, -0.2) is 4.79 Å². The van der Waals surface area contributed by atoms with E-state index in [0.29, 0.717) is 0 Å². The van der Waals surface area contributed by atoms with Gasteiger partial charge < -0.3 is 18.5 Å². The molecular formula is CH6MgMnO4. The summed E-state index contributed by atoms with van der Waals surface area (Å²) in [5.74, 6) is 0. The fourth-order valence-electron chi connectivity index (χ4n) is 0. The molecule has 1 radical (unpaired) electrons. The molecule has 4 N–H and O–H groups in total. The zero-order chi connectivity index (χ0) is 3.58. The first-order valence-electron chi connectivity index (χ1n) is 0.651. The third-order valence-corrected chi connectivity index (χ3v) is 0. The first-order chi connectivity index (χ1) is 1.73. The maximum Gasteiger partial charge on any atom is 2.00 e. The Hall–Kier alpha value is 0.516. The van der Waals surface area contributed by atoms with E-state index in [-0.39, 0.29) is 48.5 Å². The largest absolute Gasteiger partial charge is 2.00 e. The van der Waals surface area contributed by atoms with Gasteiger partial charge in [-0.15, -0.1) is 0 Å². The summed E-state index contributed by atoms with van der Waals surface area (Å²) in [7, 11) is 0. The summed E-state index contributed by atoms with van der Waals surface area (Å²) >= 11 is 0. The molecule has 6 heteroatoms. The molecule has 0 amide bonds. The average molecular weight is 161 g/mol. The van der Waals surface area contributed by atoms with Crippen LogP contribution in [-0.2, 0) is 17.1 Å². The molecule has 43 valence electrons. The van der Waals surface area contributed by atoms with Crippen LogP contribution in [-0.4, -0.2) is 44.9 Å². The second kappa shape index (κ2) is 16.0. The molecule has 0 fully saturated rings. The smallest absolute Gasteiger partial charge is 1.00 e. The van der Waals surface area contributed by atoms with Crippen LogP contribution in [0.3, 0.4) is 0 Å². The second-order valence-electron chi connectivity index (χ2n) is 0.283. The Balaban J connectivity index is -0.00000000450. The fourth-order valence-corrected chi connectivity index (χ4v) is 0. The SMILES string of the molecule is O.O=C(O)O.[H-].[H-].[Mg+2].[Mn]. The predicted octanol–water partition coefficient (Wildman–Crippen LogP) is -0.761. The van der Waals surface area contributed by atoms with Crippen LogP contribution >= 0.6 is 0 Å². The number of carbonyl (C=O) groups is 1. The van der Waals surface area contributed by atoms with E-state index in [1.54, 1.807) is 0 Å². The van der Waals surface area contributed by atoms with Crippen molar-refractivity contribution >= 4 is 29.2 Å². The van der Waals surface area contributed by atoms with Crippen molar-refractivity contribution in [1.82, 2.24) is 0 Å². The zero-order valence-electron chi connectivity index (χ0n) is 5.39. The van der Waals surface area contributed by atoms with Gasteiger partial charge in [0.2, 0.25) is 0 Å². The van der Waals surface area contributed by atoms with Crippen LogP contribution in [0.25, 0.3) is 0 Å². The molecule has 0 aromatic carbocycles. The number of carboxylic acid groups (broad SMARTS) is 2. The van der Waals surface area contributed by atoms with Crippen molar-refractivity contribution in [1.29, 1.82) is 0 Å². The molecule has 0 unspecified atom stereocenters. The number of rotatable bonds is 0. The molecule has 0 bridgehead atoms. The van der Waals surface area contributed by atoms with E-state index in [1.807, 2.05) is 0 Å². The minimum absolute atomic E-state index is 0. The maximum atomic E-state index is 8.56. The van der Waals surface area contributed by atoms with Gasteiger partial charge in [0.25, 0.3) is 0 Å². The molecule has 4 nitrogen and oxygen atoms in total. The Morgan fingerprint density at radius 3 is 1.43 bits per heavy atom. The summed E-state index contributed by atoms with van der Waals surface area (Å²) in [6.07, 6.45) is -1.83. The summed E-state index contributed by atoms with van der Waals surface area (Å²) in [5.41, 5.74) is 0. The van der Waals surface area contributed by atoms with Gasteiger partial charge in [0.15, 0.2) is 0 Å². The van der Waals surface area contributed by atoms with Gasteiger partial charge in [-0.2, -0.15) is 0 Å². The Bertz CT molecular complexity index is 41.5. The van der Waals surface area contributed by atoms with Gasteiger partial charge in [0, 0.05) is 17.1 Å². The van der Waals surface area contributed by atoms with Crippen molar-refractivity contribution < 1.29 is 40.4 Å². The normalized spacial score (nSPS) is 3.43. The Morgan fingerprint density at radius 2 is 1.43 bits per heavy atom. The molecule has 0 aliphatic rings. The van der Waals surface area contributed by atoms with E-state index < -0.39 is 6.16 Å². The van der Waals surface area contributed by atoms with Crippen molar-refractivity contribution in [3.8, 4) is 0 Å². The van der Waals surface area contributed by atoms with E-state index in [9.17, 15) is 0 Å². The van der Waals surface area contributed by atoms with Gasteiger partial charge >= 0.3 is 29.2 Å². The van der Waals surface area contributed by atoms with E-state index in [2.05, 4.69) is 0 Å². The van der Waals surface area contributed by atoms with Crippen molar-refractivity contribution in [3.05, 3.63) is 0 Å².